The lowest BCUT2D eigenvalue weighted by molar-refractivity contribution is 0.823. The number of fused-ring (bicyclic) bond motifs is 1. The largest absolute Gasteiger partial charge is 0.393 e. The number of aromatic nitrogens is 3. The summed E-state index contributed by atoms with van der Waals surface area (Å²) >= 11 is 4.92. The first kappa shape index (κ1) is 12.8. The zero-order chi connectivity index (χ0) is 13.1. The number of imidazole rings is 1. The van der Waals surface area contributed by atoms with Gasteiger partial charge in [-0.25, -0.2) is 9.97 Å². The highest BCUT2D eigenvalue weighted by Gasteiger charge is 2.12. The van der Waals surface area contributed by atoms with E-state index in [1.165, 1.54) is 0 Å². The first-order valence-electron chi connectivity index (χ1n) is 5.92. The molecule has 0 aliphatic heterocycles. The van der Waals surface area contributed by atoms with Crippen molar-refractivity contribution in [2.45, 2.75) is 13.3 Å². The van der Waals surface area contributed by atoms with E-state index in [0.29, 0.717) is 11.4 Å². The smallest absolute Gasteiger partial charge is 0.156 e. The lowest BCUT2D eigenvalue weighted by Crippen LogP contribution is -2.28. The first-order valence-corrected chi connectivity index (χ1v) is 6.33. The third-order valence-electron chi connectivity index (χ3n) is 2.93. The topological polar surface area (TPSA) is 60.0 Å². The van der Waals surface area contributed by atoms with Gasteiger partial charge in [0.25, 0.3) is 0 Å². The van der Waals surface area contributed by atoms with E-state index in [9.17, 15) is 0 Å². The van der Waals surface area contributed by atoms with Gasteiger partial charge in [0.1, 0.15) is 5.52 Å². The Hall–Kier alpha value is -1.69. The van der Waals surface area contributed by atoms with Gasteiger partial charge in [-0.15, -0.1) is 0 Å². The first-order chi connectivity index (χ1) is 8.63. The molecule has 0 fully saturated rings. The van der Waals surface area contributed by atoms with Crippen molar-refractivity contribution in [1.29, 1.82) is 0 Å². The molecular formula is C12H17N5S. The molecule has 0 radical (unpaired) electrons. The Morgan fingerprint density at radius 3 is 2.94 bits per heavy atom. The minimum atomic E-state index is 0.529. The number of nitrogens with zero attached hydrogens (tertiary/aromatic N) is 4. The molecular weight excluding hydrogens is 246 g/mol. The van der Waals surface area contributed by atoms with Crippen LogP contribution in [-0.2, 0) is 7.05 Å². The van der Waals surface area contributed by atoms with Crippen LogP contribution in [0.3, 0.4) is 0 Å². The standard InChI is InChI=1S/C12H17N5S/c1-3-17(7-5-10(13)18)12-11-9(4-6-14-12)16(2)8-15-11/h4,6,8H,3,5,7H2,1-2H3,(H2,13,18). The van der Waals surface area contributed by atoms with Crippen LogP contribution in [0.15, 0.2) is 18.6 Å². The number of aryl methyl sites for hydroxylation is 1. The van der Waals surface area contributed by atoms with Gasteiger partial charge in [-0.1, -0.05) is 12.2 Å². The quantitative estimate of drug-likeness (QED) is 0.828. The molecule has 0 aliphatic rings. The molecule has 0 aromatic carbocycles. The Morgan fingerprint density at radius 2 is 2.28 bits per heavy atom. The normalized spacial score (nSPS) is 10.8. The third kappa shape index (κ3) is 2.43. The van der Waals surface area contributed by atoms with Crippen LogP contribution in [-0.4, -0.2) is 32.6 Å². The van der Waals surface area contributed by atoms with Gasteiger partial charge in [-0.05, 0) is 13.0 Å². The van der Waals surface area contributed by atoms with Crippen LogP contribution in [0.2, 0.25) is 0 Å². The second-order valence-corrected chi connectivity index (χ2v) is 4.68. The number of anilines is 1. The zero-order valence-corrected chi connectivity index (χ0v) is 11.4. The number of nitrogens with two attached hydrogens (primary N) is 1. The summed E-state index contributed by atoms with van der Waals surface area (Å²) in [6.45, 7) is 3.71. The molecule has 0 saturated carbocycles. The van der Waals surface area contributed by atoms with E-state index in [-0.39, 0.29) is 0 Å². The fourth-order valence-electron chi connectivity index (χ4n) is 1.94. The monoisotopic (exact) mass is 263 g/mol. The summed E-state index contributed by atoms with van der Waals surface area (Å²) in [6.07, 6.45) is 4.30. The molecule has 2 N–H and O–H groups in total. The molecule has 2 aromatic rings. The van der Waals surface area contributed by atoms with E-state index in [1.807, 2.05) is 23.9 Å². The highest BCUT2D eigenvalue weighted by molar-refractivity contribution is 7.80. The van der Waals surface area contributed by atoms with Gasteiger partial charge in [0.05, 0.1) is 16.8 Å². The number of rotatable bonds is 5. The van der Waals surface area contributed by atoms with Crippen molar-refractivity contribution in [3.8, 4) is 0 Å². The van der Waals surface area contributed by atoms with Crippen LogP contribution in [0.4, 0.5) is 5.82 Å². The highest BCUT2D eigenvalue weighted by atomic mass is 32.1. The summed E-state index contributed by atoms with van der Waals surface area (Å²) in [5, 5.41) is 0. The van der Waals surface area contributed by atoms with Crippen molar-refractivity contribution in [3.05, 3.63) is 18.6 Å². The van der Waals surface area contributed by atoms with Gasteiger partial charge in [0.15, 0.2) is 5.82 Å². The summed E-state index contributed by atoms with van der Waals surface area (Å²) < 4.78 is 1.99. The summed E-state index contributed by atoms with van der Waals surface area (Å²) in [5.74, 6) is 0.895. The van der Waals surface area contributed by atoms with Crippen molar-refractivity contribution >= 4 is 34.1 Å². The number of hydrogen-bond donors (Lipinski definition) is 1. The third-order valence-corrected chi connectivity index (χ3v) is 3.14. The van der Waals surface area contributed by atoms with Gasteiger partial charge in [0, 0.05) is 32.8 Å². The summed E-state index contributed by atoms with van der Waals surface area (Å²) in [7, 11) is 1.98. The molecule has 0 saturated heterocycles. The molecule has 2 aromatic heterocycles. The number of thiocarbonyl (C=S) groups is 1. The van der Waals surface area contributed by atoms with Gasteiger partial charge in [-0.3, -0.25) is 0 Å². The molecule has 0 atom stereocenters. The minimum absolute atomic E-state index is 0.529. The van der Waals surface area contributed by atoms with Crippen LogP contribution in [0.25, 0.3) is 11.0 Å². The van der Waals surface area contributed by atoms with Gasteiger partial charge >= 0.3 is 0 Å². The van der Waals surface area contributed by atoms with Crippen molar-refractivity contribution in [3.63, 3.8) is 0 Å². The van der Waals surface area contributed by atoms with Crippen molar-refractivity contribution in [2.24, 2.45) is 12.8 Å². The Labute approximate surface area is 112 Å². The molecule has 18 heavy (non-hydrogen) atoms. The predicted molar refractivity (Wildman–Crippen MR) is 77.8 cm³/mol. The average Bonchev–Trinajstić information content (AvgIpc) is 2.73. The average molecular weight is 263 g/mol. The zero-order valence-electron chi connectivity index (χ0n) is 10.6. The van der Waals surface area contributed by atoms with E-state index in [4.69, 9.17) is 18.0 Å². The maximum atomic E-state index is 5.55. The van der Waals surface area contributed by atoms with Gasteiger partial charge < -0.3 is 15.2 Å². The Kier molecular flexibility index (Phi) is 3.76. The maximum Gasteiger partial charge on any atom is 0.156 e. The lowest BCUT2D eigenvalue weighted by atomic mass is 10.3. The Bertz CT molecular complexity index is 563. The Balaban J connectivity index is 2.35. The molecule has 0 amide bonds. The number of pyridine rings is 1. The summed E-state index contributed by atoms with van der Waals surface area (Å²) in [6, 6.07) is 1.97. The molecule has 0 spiro atoms. The number of hydrogen-bond acceptors (Lipinski definition) is 4. The second kappa shape index (κ2) is 5.30. The van der Waals surface area contributed by atoms with E-state index < -0.39 is 0 Å². The fourth-order valence-corrected chi connectivity index (χ4v) is 2.03. The molecule has 96 valence electrons. The molecule has 0 bridgehead atoms. The van der Waals surface area contributed by atoms with Crippen LogP contribution < -0.4 is 10.6 Å². The van der Waals surface area contributed by atoms with E-state index >= 15 is 0 Å². The van der Waals surface area contributed by atoms with E-state index in [2.05, 4.69) is 21.8 Å². The highest BCUT2D eigenvalue weighted by Crippen LogP contribution is 2.22. The molecule has 0 aliphatic carbocycles. The van der Waals surface area contributed by atoms with Crippen molar-refractivity contribution in [1.82, 2.24) is 14.5 Å². The van der Waals surface area contributed by atoms with Gasteiger partial charge in [0.2, 0.25) is 0 Å². The maximum absolute atomic E-state index is 5.55. The predicted octanol–water partition coefficient (Wildman–Crippen LogP) is 1.47. The molecule has 2 rings (SSSR count). The van der Waals surface area contributed by atoms with Crippen LogP contribution in [0.5, 0.6) is 0 Å². The SMILES string of the molecule is CCN(CCC(N)=S)c1nccc2c1ncn2C. The summed E-state index contributed by atoms with van der Waals surface area (Å²) in [5.41, 5.74) is 7.55. The van der Waals surface area contributed by atoms with Crippen LogP contribution >= 0.6 is 12.2 Å². The summed E-state index contributed by atoms with van der Waals surface area (Å²) in [4.78, 5) is 11.5. The van der Waals surface area contributed by atoms with Crippen LogP contribution in [0, 0.1) is 0 Å². The van der Waals surface area contributed by atoms with Gasteiger partial charge in [-0.2, -0.15) is 0 Å². The van der Waals surface area contributed by atoms with Crippen molar-refractivity contribution in [2.75, 3.05) is 18.0 Å². The van der Waals surface area contributed by atoms with Crippen molar-refractivity contribution < 1.29 is 0 Å². The lowest BCUT2D eigenvalue weighted by Gasteiger charge is -2.21. The molecule has 5 nitrogen and oxygen atoms in total. The van der Waals surface area contributed by atoms with Crippen LogP contribution in [0.1, 0.15) is 13.3 Å². The second-order valence-electron chi connectivity index (χ2n) is 4.15. The molecule has 2 heterocycles. The minimum Gasteiger partial charge on any atom is -0.393 e. The molecule has 6 heteroatoms. The fraction of sp³-hybridized carbons (Fsp3) is 0.417. The van der Waals surface area contributed by atoms with E-state index in [1.54, 1.807) is 6.33 Å². The Morgan fingerprint density at radius 1 is 1.50 bits per heavy atom. The molecule has 0 unspecified atom stereocenters. The van der Waals surface area contributed by atoms with E-state index in [0.717, 1.165) is 29.9 Å².